The average molecular weight is 1050 g/mol. The van der Waals surface area contributed by atoms with Crippen molar-refractivity contribution in [3.05, 3.63) is 51.7 Å². The maximum absolute atomic E-state index is 12.4. The van der Waals surface area contributed by atoms with Crippen LogP contribution < -0.4 is 72.9 Å². The van der Waals surface area contributed by atoms with E-state index in [1.807, 2.05) is 0 Å². The Kier molecular flexibility index (Phi) is 59.0. The molecule has 0 fully saturated rings. The Labute approximate surface area is 416 Å². The number of primary amides is 2. The number of hydrogen-bond donors (Lipinski definition) is 8. The van der Waals surface area contributed by atoms with E-state index in [0.29, 0.717) is 44.6 Å². The van der Waals surface area contributed by atoms with Gasteiger partial charge in [-0.1, -0.05) is 64.0 Å². The number of carbonyl (C=O) groups is 8. The zero-order valence-corrected chi connectivity index (χ0v) is 42.6. The molecule has 0 spiro atoms. The summed E-state index contributed by atoms with van der Waals surface area (Å²) < 4.78 is 15.5. The molecule has 0 saturated carbocycles. The van der Waals surface area contributed by atoms with Crippen LogP contribution in [0.25, 0.3) is 26.4 Å². The van der Waals surface area contributed by atoms with Crippen molar-refractivity contribution in [1.82, 2.24) is 31.9 Å². The van der Waals surface area contributed by atoms with Gasteiger partial charge in [-0.25, -0.2) is 0 Å². The summed E-state index contributed by atoms with van der Waals surface area (Å²) in [5, 5.41) is 20.1. The molecule has 10 N–H and O–H groups in total. The van der Waals surface area contributed by atoms with Crippen LogP contribution in [0.3, 0.4) is 0 Å². The van der Waals surface area contributed by atoms with Crippen LogP contribution in [0.1, 0.15) is 85.8 Å². The smallest absolute Gasteiger partial charge is 0.373 e. The van der Waals surface area contributed by atoms with E-state index in [-0.39, 0.29) is 89.7 Å². The molecule has 64 heavy (non-hydrogen) atoms. The maximum Gasteiger partial charge on any atom is 1.00 e. The molecule has 0 radical (unpaired) electrons. The Morgan fingerprint density at radius 3 is 1.22 bits per heavy atom. The molecule has 0 aromatic heterocycles. The minimum atomic E-state index is -1.00. The van der Waals surface area contributed by atoms with E-state index in [2.05, 4.69) is 86.9 Å². The van der Waals surface area contributed by atoms with Crippen LogP contribution in [0.2, 0.25) is 0 Å². The number of nitrogens with zero attached hydrogens (tertiary/aromatic N) is 6. The van der Waals surface area contributed by atoms with Gasteiger partial charge >= 0.3 is 29.6 Å². The Morgan fingerprint density at radius 2 is 0.938 bits per heavy atom. The summed E-state index contributed by atoms with van der Waals surface area (Å²) in [4.78, 5) is 93.3. The van der Waals surface area contributed by atoms with Gasteiger partial charge in [-0.3, -0.25) is 47.7 Å². The molecule has 0 aliphatic rings. The number of nitrogens with one attached hydrogen (secondary N) is 6. The average Bonchev–Trinajstić information content (AvgIpc) is 3.27. The fourth-order valence-corrected chi connectivity index (χ4v) is 4.93. The third kappa shape index (κ3) is 55.8. The number of hydrogen-bond acceptors (Lipinski definition) is 9. The molecule has 0 aromatic rings. The first kappa shape index (κ1) is 68.8. The molecule has 0 saturated heterocycles. The van der Waals surface area contributed by atoms with Crippen molar-refractivity contribution in [2.24, 2.45) is 34.3 Å². The van der Waals surface area contributed by atoms with Gasteiger partial charge in [0.1, 0.15) is 6.54 Å². The summed E-state index contributed by atoms with van der Waals surface area (Å²) in [7, 11) is -1.00. The van der Waals surface area contributed by atoms with Gasteiger partial charge in [0.25, 0.3) is 0 Å². The first-order valence-corrected chi connectivity index (χ1v) is 22.1. The van der Waals surface area contributed by atoms with Crippen molar-refractivity contribution < 1.29 is 73.7 Å². The van der Waals surface area contributed by atoms with Crippen molar-refractivity contribution in [2.45, 2.75) is 84.5 Å². The van der Waals surface area contributed by atoms with E-state index >= 15 is 0 Å². The van der Waals surface area contributed by atoms with Crippen LogP contribution >= 0.6 is 31.9 Å². The SMILES string of the molecule is C=CC(=O)NCCCCCNC(=O)CBr.C=CC(=O)NCCCCCNC(=O)CN=[N+]=[N-].CC(CC(CC(C)C(N)=O)C(=O)NCCCCCNC(=O)CBr)C(N)=O.[2H]CF.[N-]=[N+]=[N-].[Na+]. The Hall–Kier alpha value is -4.25. The fourth-order valence-electron chi connectivity index (χ4n) is 4.53. The van der Waals surface area contributed by atoms with Crippen LogP contribution in [0.5, 0.6) is 0 Å². The number of carbonyl (C=O) groups excluding carboxylic acids is 8. The number of unbranched alkanes of at least 4 members (excludes halogenated alkanes) is 6. The van der Waals surface area contributed by atoms with Gasteiger partial charge in [0, 0.05) is 61.9 Å². The molecule has 2 atom stereocenters. The third-order valence-electron chi connectivity index (χ3n) is 7.93. The molecule has 2 unspecified atom stereocenters. The molecular formula is C38H68Br2FN14NaO8. The quantitative estimate of drug-likeness (QED) is 0.00929. The van der Waals surface area contributed by atoms with Gasteiger partial charge in [0.15, 0.2) is 0 Å². The van der Waals surface area contributed by atoms with Crippen LogP contribution in [0, 0.1) is 17.8 Å². The number of alkyl halides is 3. The van der Waals surface area contributed by atoms with Crippen molar-refractivity contribution in [1.29, 1.82) is 0 Å². The summed E-state index contributed by atoms with van der Waals surface area (Å²) in [6.07, 6.45) is 11.0. The second kappa shape index (κ2) is 54.9. The van der Waals surface area contributed by atoms with Crippen molar-refractivity contribution in [2.75, 3.05) is 63.6 Å². The first-order chi connectivity index (χ1) is 30.4. The predicted octanol–water partition coefficient (Wildman–Crippen LogP) is 0.734. The molecule has 360 valence electrons. The van der Waals surface area contributed by atoms with Gasteiger partial charge in [-0.15, -0.1) is 0 Å². The number of rotatable bonds is 31. The van der Waals surface area contributed by atoms with Crippen LogP contribution in [-0.2, 0) is 38.4 Å². The van der Waals surface area contributed by atoms with Gasteiger partial charge < -0.3 is 54.4 Å². The number of nitrogens with two attached hydrogens (primary N) is 2. The van der Waals surface area contributed by atoms with Crippen LogP contribution in [0.4, 0.5) is 4.39 Å². The fraction of sp³-hybridized carbons (Fsp3) is 0.684. The zero-order valence-electron chi connectivity index (χ0n) is 38.4. The Bertz CT molecular complexity index is 1430. The van der Waals surface area contributed by atoms with Crippen LogP contribution in [0.15, 0.2) is 30.4 Å². The standard InChI is InChI=1S/C17H31BrN4O4.C10H17BrN2O2.C10H17N5O2.CH3F.N3.Na/c1-11(15(19)24)8-13(9-12(2)16(20)25)17(26)22-7-5-3-4-6-21-14(23)10-18;1-2-9(14)12-6-4-3-5-7-13-10(15)8-11;1-2-9(16)12-6-4-3-5-7-13-10(17)8-14-15-11;1-2;1-3-2;/h11-13H,3-10H2,1-2H3,(H2,19,24)(H2,20,25)(H,21,23)(H,22,26);2H,1,3-8H2,(H,12,14)(H,13,15);2H,1,3-8H2,(H,12,16)(H,13,17);1H3;;/q;;;;-1;+1/i;;;1D;;. The summed E-state index contributed by atoms with van der Waals surface area (Å²) in [5.41, 5.74) is 32.0. The summed E-state index contributed by atoms with van der Waals surface area (Å²) in [5.74, 6) is -3.16. The van der Waals surface area contributed by atoms with Gasteiger partial charge in [-0.05, 0) is 88.3 Å². The van der Waals surface area contributed by atoms with E-state index in [1.165, 1.54) is 17.1 Å². The molecule has 0 aromatic carbocycles. The largest absolute Gasteiger partial charge is 1.00 e. The second-order valence-electron chi connectivity index (χ2n) is 13.0. The maximum atomic E-state index is 12.4. The van der Waals surface area contributed by atoms with E-state index in [4.69, 9.17) is 29.4 Å². The van der Waals surface area contributed by atoms with Gasteiger partial charge in [0.2, 0.25) is 47.3 Å². The van der Waals surface area contributed by atoms with Gasteiger partial charge in [0.05, 0.1) is 19.2 Å². The number of amides is 8. The van der Waals surface area contributed by atoms with Gasteiger partial charge in [-0.2, -0.15) is 0 Å². The predicted molar refractivity (Wildman–Crippen MR) is 248 cm³/mol. The van der Waals surface area contributed by atoms with Crippen LogP contribution in [-0.4, -0.2) is 111 Å². The minimum Gasteiger partial charge on any atom is -0.373 e. The first-order valence-electron chi connectivity index (χ1n) is 20.6. The van der Waals surface area contributed by atoms with Crippen molar-refractivity contribution in [3.8, 4) is 0 Å². The molecule has 0 rings (SSSR count). The topological polar surface area (TPSA) is 368 Å². The third-order valence-corrected chi connectivity index (χ3v) is 8.95. The molecule has 26 heteroatoms. The Balaban J connectivity index is -0.000000195. The molecule has 0 bridgehead atoms. The zero-order chi connectivity index (χ0) is 50.0. The van der Waals surface area contributed by atoms with E-state index in [0.717, 1.165) is 57.8 Å². The molecule has 0 aliphatic heterocycles. The number of azide groups is 1. The second-order valence-corrected chi connectivity index (χ2v) is 14.2. The monoisotopic (exact) mass is 1050 g/mol. The molecular weight excluding hydrogens is 982 g/mol. The molecule has 0 heterocycles. The van der Waals surface area contributed by atoms with Crippen molar-refractivity contribution in [3.63, 3.8) is 0 Å². The Morgan fingerprint density at radius 1 is 0.641 bits per heavy atom. The number of halogens is 3. The van der Waals surface area contributed by atoms with Crippen molar-refractivity contribution >= 4 is 79.1 Å². The summed E-state index contributed by atoms with van der Waals surface area (Å²) in [6.45, 7) is 13.5. The van der Waals surface area contributed by atoms with E-state index in [1.54, 1.807) is 13.8 Å². The van der Waals surface area contributed by atoms with E-state index in [9.17, 15) is 42.7 Å². The molecule has 0 aliphatic carbocycles. The summed E-state index contributed by atoms with van der Waals surface area (Å²) in [6, 6.07) is 0. The molecule has 8 amide bonds. The normalized spacial score (nSPS) is 10.7. The minimum absolute atomic E-state index is 0. The summed E-state index contributed by atoms with van der Waals surface area (Å²) >= 11 is 6.14. The van der Waals surface area contributed by atoms with E-state index < -0.39 is 36.7 Å². The molecule has 22 nitrogen and oxygen atoms in total.